The largest absolute Gasteiger partial charge is 0.313 e. The van der Waals surface area contributed by atoms with Gasteiger partial charge in [-0.1, -0.05) is 13.8 Å². The fourth-order valence-electron chi connectivity index (χ4n) is 3.30. The summed E-state index contributed by atoms with van der Waals surface area (Å²) >= 11 is 0. The minimum absolute atomic E-state index is 0.268. The van der Waals surface area contributed by atoms with E-state index in [1.165, 1.54) is 12.1 Å². The van der Waals surface area contributed by atoms with Crippen LogP contribution in [-0.4, -0.2) is 14.8 Å². The van der Waals surface area contributed by atoms with E-state index in [1.807, 2.05) is 0 Å². The molecule has 2 aromatic heterocycles. The Labute approximate surface area is 144 Å². The van der Waals surface area contributed by atoms with Gasteiger partial charge in [-0.2, -0.15) is 10.4 Å². The molecule has 4 aromatic rings. The van der Waals surface area contributed by atoms with E-state index in [0.717, 1.165) is 33.2 Å². The third kappa shape index (κ3) is 2.47. The highest BCUT2D eigenvalue weighted by atomic mass is 19.1. The Bertz CT molecular complexity index is 1110. The molecule has 0 radical (unpaired) electrons. The summed E-state index contributed by atoms with van der Waals surface area (Å²) in [7, 11) is 0. The van der Waals surface area contributed by atoms with Crippen LogP contribution in [0.25, 0.3) is 27.5 Å². The van der Waals surface area contributed by atoms with Crippen molar-refractivity contribution in [2.24, 2.45) is 0 Å². The van der Waals surface area contributed by atoms with Gasteiger partial charge in [0, 0.05) is 34.0 Å². The summed E-state index contributed by atoms with van der Waals surface area (Å²) in [6.07, 6.45) is 2.18. The molecular weight excluding hydrogens is 315 g/mol. The zero-order valence-corrected chi connectivity index (χ0v) is 14.0. The third-order valence-corrected chi connectivity index (χ3v) is 4.66. The van der Waals surface area contributed by atoms with Gasteiger partial charge in [0.25, 0.3) is 0 Å². The van der Waals surface area contributed by atoms with Crippen LogP contribution in [0, 0.1) is 17.1 Å². The number of nitrogens with zero attached hydrogens (tertiary/aromatic N) is 3. The van der Waals surface area contributed by atoms with E-state index in [2.05, 4.69) is 52.9 Å². The molecule has 4 rings (SSSR count). The van der Waals surface area contributed by atoms with Crippen molar-refractivity contribution in [1.82, 2.24) is 14.8 Å². The van der Waals surface area contributed by atoms with Crippen molar-refractivity contribution in [3.63, 3.8) is 0 Å². The topological polar surface area (TPSA) is 57.4 Å². The van der Waals surface area contributed by atoms with Gasteiger partial charge in [0.05, 0.1) is 23.3 Å². The summed E-state index contributed by atoms with van der Waals surface area (Å²) in [4.78, 5) is 0. The molecule has 0 saturated heterocycles. The van der Waals surface area contributed by atoms with Gasteiger partial charge in [-0.15, -0.1) is 0 Å². The maximum atomic E-state index is 13.4. The van der Waals surface area contributed by atoms with Crippen LogP contribution in [0.4, 0.5) is 4.39 Å². The zero-order valence-electron chi connectivity index (χ0n) is 14.0. The highest BCUT2D eigenvalue weighted by Crippen LogP contribution is 2.36. The van der Waals surface area contributed by atoms with Crippen LogP contribution in [0.5, 0.6) is 0 Å². The second kappa shape index (κ2) is 5.45. The number of H-pyrrole nitrogens is 1. The smallest absolute Gasteiger partial charge is 0.123 e. The van der Waals surface area contributed by atoms with Gasteiger partial charge in [0.15, 0.2) is 0 Å². The van der Waals surface area contributed by atoms with Crippen molar-refractivity contribution < 1.29 is 4.39 Å². The maximum absolute atomic E-state index is 13.4. The van der Waals surface area contributed by atoms with E-state index in [9.17, 15) is 9.65 Å². The molecule has 0 atom stereocenters. The number of rotatable bonds is 3. The average molecular weight is 332 g/mol. The lowest BCUT2D eigenvalue weighted by Gasteiger charge is -2.24. The van der Waals surface area contributed by atoms with Gasteiger partial charge < -0.3 is 4.57 Å². The number of fused-ring (bicyclic) bond motifs is 2. The Morgan fingerprint density at radius 1 is 1.16 bits per heavy atom. The van der Waals surface area contributed by atoms with Crippen molar-refractivity contribution in [2.45, 2.75) is 25.7 Å². The molecule has 5 heteroatoms. The third-order valence-electron chi connectivity index (χ3n) is 4.66. The first-order chi connectivity index (χ1) is 12.0. The van der Waals surface area contributed by atoms with Crippen LogP contribution < -0.4 is 0 Å². The van der Waals surface area contributed by atoms with Crippen LogP contribution in [0.1, 0.15) is 26.0 Å². The van der Waals surface area contributed by atoms with Gasteiger partial charge in [-0.05, 0) is 42.5 Å². The fourth-order valence-corrected chi connectivity index (χ4v) is 3.30. The minimum atomic E-state index is -0.339. The Kier molecular flexibility index (Phi) is 3.36. The van der Waals surface area contributed by atoms with Crippen LogP contribution in [0.3, 0.4) is 0 Å². The molecule has 4 nitrogen and oxygen atoms in total. The molecular formula is C20H17FN4. The fraction of sp³-hybridized carbons (Fsp3) is 0.200. The second-order valence-corrected chi connectivity index (χ2v) is 6.93. The van der Waals surface area contributed by atoms with E-state index in [0.29, 0.717) is 6.42 Å². The highest BCUT2D eigenvalue weighted by molar-refractivity contribution is 5.96. The number of nitriles is 1. The summed E-state index contributed by atoms with van der Waals surface area (Å²) in [6, 6.07) is 15.0. The van der Waals surface area contributed by atoms with Gasteiger partial charge in [-0.25, -0.2) is 4.39 Å². The van der Waals surface area contributed by atoms with Crippen molar-refractivity contribution in [3.05, 3.63) is 60.2 Å². The summed E-state index contributed by atoms with van der Waals surface area (Å²) in [5.74, 6) is -0.268. The van der Waals surface area contributed by atoms with Crippen molar-refractivity contribution in [2.75, 3.05) is 0 Å². The number of aromatic amines is 1. The Balaban J connectivity index is 2.07. The van der Waals surface area contributed by atoms with Crippen LogP contribution in [-0.2, 0) is 5.41 Å². The zero-order chi connectivity index (χ0) is 17.6. The van der Waals surface area contributed by atoms with Gasteiger partial charge in [-0.3, -0.25) is 5.10 Å². The molecule has 1 N–H and O–H groups in total. The van der Waals surface area contributed by atoms with E-state index in [1.54, 1.807) is 18.3 Å². The van der Waals surface area contributed by atoms with Gasteiger partial charge >= 0.3 is 0 Å². The predicted octanol–water partition coefficient (Wildman–Crippen LogP) is 4.84. The quantitative estimate of drug-likeness (QED) is 0.584. The summed E-state index contributed by atoms with van der Waals surface area (Å²) in [5.41, 5.74) is 3.54. The molecule has 2 aromatic carbocycles. The van der Waals surface area contributed by atoms with Crippen molar-refractivity contribution in [3.8, 4) is 11.8 Å². The Morgan fingerprint density at radius 2 is 1.92 bits per heavy atom. The van der Waals surface area contributed by atoms with Crippen LogP contribution in [0.15, 0.2) is 48.7 Å². The molecule has 0 spiro atoms. The lowest BCUT2D eigenvalue weighted by molar-refractivity contribution is 0.514. The predicted molar refractivity (Wildman–Crippen MR) is 96.1 cm³/mol. The molecule has 0 aliphatic rings. The highest BCUT2D eigenvalue weighted by Gasteiger charge is 2.26. The molecule has 0 bridgehead atoms. The first-order valence-electron chi connectivity index (χ1n) is 8.11. The number of nitrogens with one attached hydrogen (secondary N) is 1. The number of hydrogen-bond donors (Lipinski definition) is 1. The average Bonchev–Trinajstić information content (AvgIpc) is 3.17. The van der Waals surface area contributed by atoms with E-state index >= 15 is 0 Å². The van der Waals surface area contributed by atoms with E-state index < -0.39 is 0 Å². The maximum Gasteiger partial charge on any atom is 0.123 e. The number of aromatic nitrogens is 3. The monoisotopic (exact) mass is 332 g/mol. The van der Waals surface area contributed by atoms with Gasteiger partial charge in [0.2, 0.25) is 0 Å². The Morgan fingerprint density at radius 3 is 2.64 bits per heavy atom. The lowest BCUT2D eigenvalue weighted by atomic mass is 9.86. The van der Waals surface area contributed by atoms with Gasteiger partial charge in [0.1, 0.15) is 5.82 Å². The van der Waals surface area contributed by atoms with E-state index in [4.69, 9.17) is 0 Å². The van der Waals surface area contributed by atoms with Crippen LogP contribution in [0.2, 0.25) is 0 Å². The molecule has 0 saturated carbocycles. The summed E-state index contributed by atoms with van der Waals surface area (Å²) < 4.78 is 15.5. The SMILES string of the molecule is CC(C)(CC#N)c1cc2cc3[nH]ncc3cc2n1-c1ccc(F)cc1. The first-order valence-corrected chi connectivity index (χ1v) is 8.11. The number of hydrogen-bond acceptors (Lipinski definition) is 2. The Hall–Kier alpha value is -3.13. The lowest BCUT2D eigenvalue weighted by Crippen LogP contribution is -2.20. The molecule has 0 aliphatic heterocycles. The van der Waals surface area contributed by atoms with Crippen LogP contribution >= 0.6 is 0 Å². The molecule has 2 heterocycles. The van der Waals surface area contributed by atoms with E-state index in [-0.39, 0.29) is 11.2 Å². The minimum Gasteiger partial charge on any atom is -0.313 e. The number of halogens is 1. The normalized spacial score (nSPS) is 11.9. The molecule has 25 heavy (non-hydrogen) atoms. The second-order valence-electron chi connectivity index (χ2n) is 6.93. The molecule has 0 amide bonds. The van der Waals surface area contributed by atoms with Crippen molar-refractivity contribution in [1.29, 1.82) is 5.26 Å². The summed E-state index contributed by atoms with van der Waals surface area (Å²) in [5, 5.41) is 18.4. The molecule has 0 unspecified atom stereocenters. The standard InChI is InChI=1S/C20H17FN4/c1-20(2,7-8-22)19-11-13-9-17-14(12-23-24-17)10-18(13)25(19)16-5-3-15(21)4-6-16/h3-6,9-12H,7H2,1-2H3,(H,23,24). The first kappa shape index (κ1) is 15.4. The molecule has 124 valence electrons. The molecule has 0 aliphatic carbocycles. The summed E-state index contributed by atoms with van der Waals surface area (Å²) in [6.45, 7) is 4.11. The number of benzene rings is 2. The molecule has 0 fully saturated rings. The van der Waals surface area contributed by atoms with Crippen molar-refractivity contribution >= 4 is 21.8 Å².